The summed E-state index contributed by atoms with van der Waals surface area (Å²) in [5, 5.41) is 3.44. The molecule has 12 heavy (non-hydrogen) atoms. The van der Waals surface area contributed by atoms with E-state index in [1.54, 1.807) is 0 Å². The number of rotatable bonds is 0. The molecular formula is C10H12N2. The van der Waals surface area contributed by atoms with Crippen LogP contribution in [-0.2, 0) is 6.42 Å². The largest absolute Gasteiger partial charge is 0.316 e. The molecule has 0 bridgehead atoms. The van der Waals surface area contributed by atoms with E-state index in [0.29, 0.717) is 0 Å². The monoisotopic (exact) mass is 160 g/mol. The molecule has 1 aromatic heterocycles. The molecule has 0 saturated carbocycles. The topological polar surface area (TPSA) is 24.9 Å². The SMILES string of the molecule is c1cnc2c(c1)[C@@H]1CNC[C@H]1C2. The fourth-order valence-electron chi connectivity index (χ4n) is 2.52. The zero-order chi connectivity index (χ0) is 7.97. The molecule has 1 saturated heterocycles. The van der Waals surface area contributed by atoms with Crippen LogP contribution in [0.5, 0.6) is 0 Å². The van der Waals surface area contributed by atoms with Gasteiger partial charge in [-0.2, -0.15) is 0 Å². The van der Waals surface area contributed by atoms with E-state index in [1.165, 1.54) is 24.2 Å². The van der Waals surface area contributed by atoms with Crippen LogP contribution >= 0.6 is 0 Å². The molecule has 62 valence electrons. The van der Waals surface area contributed by atoms with Gasteiger partial charge in [0.2, 0.25) is 0 Å². The summed E-state index contributed by atoms with van der Waals surface area (Å²) in [6.45, 7) is 2.34. The smallest absolute Gasteiger partial charge is 0.0442 e. The molecule has 0 unspecified atom stereocenters. The lowest BCUT2D eigenvalue weighted by Crippen LogP contribution is -2.10. The van der Waals surface area contributed by atoms with Crippen molar-refractivity contribution in [3.8, 4) is 0 Å². The maximum absolute atomic E-state index is 4.41. The summed E-state index contributed by atoms with van der Waals surface area (Å²) in [6, 6.07) is 4.29. The Bertz CT molecular complexity index is 308. The van der Waals surface area contributed by atoms with Crippen molar-refractivity contribution < 1.29 is 0 Å². The highest BCUT2D eigenvalue weighted by Gasteiger charge is 2.36. The quantitative estimate of drug-likeness (QED) is 0.611. The van der Waals surface area contributed by atoms with Crippen LogP contribution < -0.4 is 5.32 Å². The van der Waals surface area contributed by atoms with Crippen molar-refractivity contribution in [1.29, 1.82) is 0 Å². The van der Waals surface area contributed by atoms with Gasteiger partial charge in [-0.15, -0.1) is 0 Å². The first-order chi connectivity index (χ1) is 5.95. The molecule has 1 N–H and O–H groups in total. The molecule has 1 aromatic rings. The Morgan fingerprint density at radius 3 is 3.42 bits per heavy atom. The zero-order valence-electron chi connectivity index (χ0n) is 6.96. The van der Waals surface area contributed by atoms with Crippen molar-refractivity contribution in [3.05, 3.63) is 29.6 Å². The van der Waals surface area contributed by atoms with Crippen molar-refractivity contribution >= 4 is 0 Å². The van der Waals surface area contributed by atoms with Crippen LogP contribution in [0.25, 0.3) is 0 Å². The number of hydrogen-bond acceptors (Lipinski definition) is 2. The van der Waals surface area contributed by atoms with E-state index in [4.69, 9.17) is 0 Å². The molecule has 1 fully saturated rings. The third-order valence-corrected chi connectivity index (χ3v) is 3.12. The van der Waals surface area contributed by atoms with Gasteiger partial charge in [-0.3, -0.25) is 4.98 Å². The fraction of sp³-hybridized carbons (Fsp3) is 0.500. The molecule has 0 radical (unpaired) electrons. The van der Waals surface area contributed by atoms with Crippen molar-refractivity contribution in [1.82, 2.24) is 10.3 Å². The van der Waals surface area contributed by atoms with Gasteiger partial charge in [0.15, 0.2) is 0 Å². The van der Waals surface area contributed by atoms with Gasteiger partial charge in [-0.1, -0.05) is 6.07 Å². The van der Waals surface area contributed by atoms with Crippen LogP contribution in [0.1, 0.15) is 17.2 Å². The first kappa shape index (κ1) is 6.61. The van der Waals surface area contributed by atoms with Gasteiger partial charge in [0.05, 0.1) is 0 Å². The second kappa shape index (κ2) is 2.30. The molecule has 0 amide bonds. The van der Waals surface area contributed by atoms with E-state index < -0.39 is 0 Å². The number of pyridine rings is 1. The first-order valence-corrected chi connectivity index (χ1v) is 4.59. The first-order valence-electron chi connectivity index (χ1n) is 4.59. The second-order valence-corrected chi connectivity index (χ2v) is 3.77. The number of nitrogens with zero attached hydrogens (tertiary/aromatic N) is 1. The van der Waals surface area contributed by atoms with Crippen LogP contribution in [0.15, 0.2) is 18.3 Å². The lowest BCUT2D eigenvalue weighted by Gasteiger charge is -2.06. The zero-order valence-corrected chi connectivity index (χ0v) is 6.96. The minimum Gasteiger partial charge on any atom is -0.316 e. The number of nitrogens with one attached hydrogen (secondary N) is 1. The summed E-state index contributed by atoms with van der Waals surface area (Å²) in [5.74, 6) is 1.59. The summed E-state index contributed by atoms with van der Waals surface area (Å²) < 4.78 is 0. The van der Waals surface area contributed by atoms with Crippen molar-refractivity contribution in [2.24, 2.45) is 5.92 Å². The van der Waals surface area contributed by atoms with Crippen LogP contribution in [0.3, 0.4) is 0 Å². The molecule has 0 spiro atoms. The van der Waals surface area contributed by atoms with Gasteiger partial charge in [-0.05, 0) is 30.5 Å². The number of hydrogen-bond donors (Lipinski definition) is 1. The second-order valence-electron chi connectivity index (χ2n) is 3.77. The number of fused-ring (bicyclic) bond motifs is 3. The molecule has 2 aliphatic rings. The molecule has 3 rings (SSSR count). The summed E-state index contributed by atoms with van der Waals surface area (Å²) in [4.78, 5) is 4.41. The van der Waals surface area contributed by atoms with Crippen LogP contribution in [0, 0.1) is 5.92 Å². The van der Waals surface area contributed by atoms with Crippen molar-refractivity contribution in [2.75, 3.05) is 13.1 Å². The Morgan fingerprint density at radius 1 is 1.42 bits per heavy atom. The lowest BCUT2D eigenvalue weighted by molar-refractivity contribution is 0.562. The summed E-state index contributed by atoms with van der Waals surface area (Å²) in [7, 11) is 0. The van der Waals surface area contributed by atoms with E-state index in [1.807, 2.05) is 6.20 Å². The predicted molar refractivity (Wildman–Crippen MR) is 47.0 cm³/mol. The fourth-order valence-corrected chi connectivity index (χ4v) is 2.52. The van der Waals surface area contributed by atoms with Gasteiger partial charge in [0.25, 0.3) is 0 Å². The number of aromatic nitrogens is 1. The summed E-state index contributed by atoms with van der Waals surface area (Å²) >= 11 is 0. The van der Waals surface area contributed by atoms with E-state index in [0.717, 1.165) is 18.4 Å². The van der Waals surface area contributed by atoms with E-state index in [2.05, 4.69) is 22.4 Å². The van der Waals surface area contributed by atoms with Gasteiger partial charge in [0.1, 0.15) is 0 Å². The van der Waals surface area contributed by atoms with Gasteiger partial charge in [-0.25, -0.2) is 0 Å². The molecule has 0 aromatic carbocycles. The Morgan fingerprint density at radius 2 is 2.42 bits per heavy atom. The summed E-state index contributed by atoms with van der Waals surface area (Å²) in [5.41, 5.74) is 2.83. The van der Waals surface area contributed by atoms with Crippen molar-refractivity contribution in [3.63, 3.8) is 0 Å². The molecule has 2 atom stereocenters. The Balaban J connectivity index is 2.09. The third kappa shape index (κ3) is 0.758. The van der Waals surface area contributed by atoms with E-state index in [9.17, 15) is 0 Å². The highest BCUT2D eigenvalue weighted by Crippen LogP contribution is 2.38. The standard InChI is InChI=1S/C10H12N2/c1-2-8-9-6-11-5-7(9)4-10(8)12-3-1/h1-3,7,9,11H,4-6H2/t7-,9-/m1/s1. The van der Waals surface area contributed by atoms with Gasteiger partial charge in [0, 0.05) is 24.4 Å². The third-order valence-electron chi connectivity index (χ3n) is 3.12. The van der Waals surface area contributed by atoms with Crippen LogP contribution in [-0.4, -0.2) is 18.1 Å². The predicted octanol–water partition coefficient (Wildman–Crippen LogP) is 0.941. The molecule has 1 aliphatic carbocycles. The highest BCUT2D eigenvalue weighted by atomic mass is 14.9. The normalized spacial score (nSPS) is 31.7. The highest BCUT2D eigenvalue weighted by molar-refractivity contribution is 5.32. The molecule has 2 heterocycles. The molecular weight excluding hydrogens is 148 g/mol. The molecule has 1 aliphatic heterocycles. The van der Waals surface area contributed by atoms with Gasteiger partial charge >= 0.3 is 0 Å². The molecule has 2 nitrogen and oxygen atoms in total. The maximum Gasteiger partial charge on any atom is 0.0442 e. The average molecular weight is 160 g/mol. The average Bonchev–Trinajstić information content (AvgIpc) is 2.62. The maximum atomic E-state index is 4.41. The molecule has 2 heteroatoms. The van der Waals surface area contributed by atoms with Crippen molar-refractivity contribution in [2.45, 2.75) is 12.3 Å². The Hall–Kier alpha value is -0.890. The van der Waals surface area contributed by atoms with E-state index >= 15 is 0 Å². The lowest BCUT2D eigenvalue weighted by atomic mass is 9.97. The van der Waals surface area contributed by atoms with Gasteiger partial charge < -0.3 is 5.32 Å². The van der Waals surface area contributed by atoms with E-state index in [-0.39, 0.29) is 0 Å². The minimum atomic E-state index is 0.758. The summed E-state index contributed by atoms with van der Waals surface area (Å²) in [6.07, 6.45) is 3.10. The minimum absolute atomic E-state index is 0.758. The van der Waals surface area contributed by atoms with Crippen LogP contribution in [0.4, 0.5) is 0 Å². The van der Waals surface area contributed by atoms with Crippen LogP contribution in [0.2, 0.25) is 0 Å². The Kier molecular flexibility index (Phi) is 1.27. The Labute approximate surface area is 72.0 Å².